The Bertz CT molecular complexity index is 1130. The summed E-state index contributed by atoms with van der Waals surface area (Å²) in [6, 6.07) is 2.77. The summed E-state index contributed by atoms with van der Waals surface area (Å²) in [6.07, 6.45) is 1.53. The molecule has 40 heavy (non-hydrogen) atoms. The zero-order valence-corrected chi connectivity index (χ0v) is 22.8. The highest BCUT2D eigenvalue weighted by molar-refractivity contribution is 5.95. The number of halogens is 3. The van der Waals surface area contributed by atoms with Crippen molar-refractivity contribution in [3.8, 4) is 0 Å². The van der Waals surface area contributed by atoms with Gasteiger partial charge in [-0.15, -0.1) is 0 Å². The lowest BCUT2D eigenvalue weighted by molar-refractivity contribution is -0.141. The minimum atomic E-state index is -4.90. The third kappa shape index (κ3) is 9.70. The van der Waals surface area contributed by atoms with Crippen molar-refractivity contribution in [1.29, 1.82) is 0 Å². The minimum absolute atomic E-state index is 0.0115. The maximum Gasteiger partial charge on any atom is 0.435 e. The monoisotopic (exact) mass is 566 g/mol. The normalized spacial score (nSPS) is 14.1. The Morgan fingerprint density at radius 2 is 1.93 bits per heavy atom. The van der Waals surface area contributed by atoms with Gasteiger partial charge in [0, 0.05) is 37.7 Å². The van der Waals surface area contributed by atoms with Crippen LogP contribution in [0.2, 0.25) is 0 Å². The number of nitrogens with one attached hydrogen (secondary N) is 2. The summed E-state index contributed by atoms with van der Waals surface area (Å²) in [4.78, 5) is 37.8. The molecule has 2 aromatic heterocycles. The molecule has 1 atom stereocenters. The zero-order chi connectivity index (χ0) is 29.1. The topological polar surface area (TPSA) is 130 Å². The van der Waals surface area contributed by atoms with Crippen LogP contribution in [0.4, 0.5) is 19.0 Å². The van der Waals surface area contributed by atoms with Crippen molar-refractivity contribution in [3.63, 3.8) is 0 Å². The van der Waals surface area contributed by atoms with Gasteiger partial charge in [0.2, 0.25) is 0 Å². The van der Waals surface area contributed by atoms with Crippen molar-refractivity contribution < 1.29 is 32.6 Å². The van der Waals surface area contributed by atoms with Crippen LogP contribution in [0.3, 0.4) is 0 Å². The largest absolute Gasteiger partial charge is 0.480 e. The number of anilines is 1. The summed E-state index contributed by atoms with van der Waals surface area (Å²) >= 11 is 0. The Morgan fingerprint density at radius 3 is 2.65 bits per heavy atom. The maximum absolute atomic E-state index is 13.2. The first-order valence-corrected chi connectivity index (χ1v) is 13.5. The predicted octanol–water partition coefficient (Wildman–Crippen LogP) is 3.57. The molecule has 0 aliphatic carbocycles. The van der Waals surface area contributed by atoms with Crippen LogP contribution in [0.5, 0.6) is 0 Å². The van der Waals surface area contributed by atoms with E-state index >= 15 is 0 Å². The van der Waals surface area contributed by atoms with Crippen LogP contribution >= 0.6 is 0 Å². The predicted molar refractivity (Wildman–Crippen MR) is 142 cm³/mol. The zero-order valence-electron chi connectivity index (χ0n) is 22.8. The molecule has 0 saturated heterocycles. The number of hydrogen-bond acceptors (Lipinski definition) is 8. The first-order valence-electron chi connectivity index (χ1n) is 13.5. The highest BCUT2D eigenvalue weighted by Crippen LogP contribution is 2.29. The molecule has 10 nitrogen and oxygen atoms in total. The number of fused-ring (bicyclic) bond motifs is 1. The van der Waals surface area contributed by atoms with Crippen LogP contribution in [0.25, 0.3) is 0 Å². The maximum atomic E-state index is 13.2. The fourth-order valence-electron chi connectivity index (χ4n) is 4.41. The fourth-order valence-corrected chi connectivity index (χ4v) is 4.41. The number of unbranched alkanes of at least 4 members (excludes halogenated alkanes) is 1. The SMILES string of the molecule is CC(C)OCCN(CCCCc1ccc2c(n1)NCCC2)CCC(NC(=O)c1nccnc1C(F)(F)F)C(=O)O. The molecule has 0 radical (unpaired) electrons. The number of aliphatic carboxylic acids is 1. The molecule has 13 heteroatoms. The van der Waals surface area contributed by atoms with Crippen LogP contribution in [-0.4, -0.2) is 81.8 Å². The number of pyridine rings is 1. The molecule has 1 unspecified atom stereocenters. The second-order valence-electron chi connectivity index (χ2n) is 9.96. The van der Waals surface area contributed by atoms with Gasteiger partial charge in [0.1, 0.15) is 11.9 Å². The lowest BCUT2D eigenvalue weighted by atomic mass is 10.1. The third-order valence-corrected chi connectivity index (χ3v) is 6.49. The smallest absolute Gasteiger partial charge is 0.435 e. The molecule has 1 amide bonds. The van der Waals surface area contributed by atoms with Crippen LogP contribution < -0.4 is 10.6 Å². The standard InChI is InChI=1S/C27H37F3N6O4/c1-18(2)40-17-16-36(14-4-3-7-20-9-8-19-6-5-11-33-24(19)34-20)15-10-21(26(38)39)35-25(37)22-23(27(28,29)30)32-13-12-31-22/h8-9,12-13,18,21H,3-7,10-11,14-17H2,1-2H3,(H,33,34)(H,35,37)(H,38,39). The van der Waals surface area contributed by atoms with Crippen molar-refractivity contribution in [2.75, 3.05) is 38.1 Å². The third-order valence-electron chi connectivity index (χ3n) is 6.49. The molecule has 2 aromatic rings. The molecule has 1 aliphatic heterocycles. The number of aromatic nitrogens is 3. The Balaban J connectivity index is 1.56. The number of ether oxygens (including phenoxy) is 1. The number of alkyl halides is 3. The van der Waals surface area contributed by atoms with Gasteiger partial charge < -0.3 is 25.4 Å². The highest BCUT2D eigenvalue weighted by atomic mass is 19.4. The first kappa shape index (κ1) is 31.2. The molecule has 3 heterocycles. The summed E-state index contributed by atoms with van der Waals surface area (Å²) in [5, 5.41) is 15.2. The molecule has 3 rings (SSSR count). The van der Waals surface area contributed by atoms with Crippen molar-refractivity contribution in [3.05, 3.63) is 47.2 Å². The van der Waals surface area contributed by atoms with Gasteiger partial charge in [-0.2, -0.15) is 13.2 Å². The Hall–Kier alpha value is -3.32. The van der Waals surface area contributed by atoms with Crippen molar-refractivity contribution in [2.24, 2.45) is 0 Å². The second kappa shape index (κ2) is 14.9. The number of nitrogens with zero attached hydrogens (tertiary/aromatic N) is 4. The van der Waals surface area contributed by atoms with E-state index in [0.29, 0.717) is 26.2 Å². The van der Waals surface area contributed by atoms with Crippen molar-refractivity contribution in [1.82, 2.24) is 25.2 Å². The average molecular weight is 567 g/mol. The van der Waals surface area contributed by atoms with E-state index in [9.17, 15) is 27.9 Å². The van der Waals surface area contributed by atoms with Crippen LogP contribution in [0.1, 0.15) is 67.0 Å². The van der Waals surface area contributed by atoms with E-state index in [1.165, 1.54) is 5.56 Å². The average Bonchev–Trinajstić information content (AvgIpc) is 2.91. The Kier molecular flexibility index (Phi) is 11.6. The van der Waals surface area contributed by atoms with Gasteiger partial charge in [-0.3, -0.25) is 4.79 Å². The minimum Gasteiger partial charge on any atom is -0.480 e. The number of carboxylic acids is 1. The molecule has 220 valence electrons. The van der Waals surface area contributed by atoms with Crippen LogP contribution in [-0.2, 0) is 28.5 Å². The first-order chi connectivity index (χ1) is 19.0. The number of carbonyl (C=O) groups is 2. The van der Waals surface area contributed by atoms with E-state index in [4.69, 9.17) is 9.72 Å². The van der Waals surface area contributed by atoms with Gasteiger partial charge in [0.15, 0.2) is 11.4 Å². The molecule has 0 bridgehead atoms. The lowest BCUT2D eigenvalue weighted by Gasteiger charge is -2.25. The van der Waals surface area contributed by atoms with Gasteiger partial charge in [-0.05, 0) is 70.5 Å². The molecule has 1 aliphatic rings. The number of rotatable bonds is 15. The van der Waals surface area contributed by atoms with Gasteiger partial charge in [-0.1, -0.05) is 6.07 Å². The summed E-state index contributed by atoms with van der Waals surface area (Å²) in [7, 11) is 0. The summed E-state index contributed by atoms with van der Waals surface area (Å²) in [5.74, 6) is -1.63. The van der Waals surface area contributed by atoms with Crippen LogP contribution in [0, 0.1) is 0 Å². The fraction of sp³-hybridized carbons (Fsp3) is 0.593. The molecule has 3 N–H and O–H groups in total. The number of amides is 1. The van der Waals surface area contributed by atoms with E-state index in [-0.39, 0.29) is 12.5 Å². The van der Waals surface area contributed by atoms with Gasteiger partial charge in [-0.25, -0.2) is 19.7 Å². The van der Waals surface area contributed by atoms with E-state index in [1.54, 1.807) is 0 Å². The van der Waals surface area contributed by atoms with E-state index in [1.807, 2.05) is 18.7 Å². The molecular formula is C27H37F3N6O4. The molecular weight excluding hydrogens is 529 g/mol. The Morgan fingerprint density at radius 1 is 1.15 bits per heavy atom. The molecule has 0 fully saturated rings. The number of hydrogen-bond donors (Lipinski definition) is 3. The van der Waals surface area contributed by atoms with Gasteiger partial charge in [0.05, 0.1) is 12.7 Å². The molecule has 0 spiro atoms. The molecule has 0 saturated carbocycles. The summed E-state index contributed by atoms with van der Waals surface area (Å²) in [5.41, 5.74) is -0.179. The summed E-state index contributed by atoms with van der Waals surface area (Å²) in [6.45, 7) is 6.71. The number of carbonyl (C=O) groups excluding carboxylic acids is 1. The van der Waals surface area contributed by atoms with E-state index < -0.39 is 35.5 Å². The number of carboxylic acid groups (broad SMARTS) is 1. The quantitative estimate of drug-likeness (QED) is 0.277. The number of aryl methyl sites for hydroxylation is 2. The van der Waals surface area contributed by atoms with Crippen molar-refractivity contribution >= 4 is 17.7 Å². The summed E-state index contributed by atoms with van der Waals surface area (Å²) < 4.78 is 45.4. The van der Waals surface area contributed by atoms with Crippen LogP contribution in [0.15, 0.2) is 24.5 Å². The lowest BCUT2D eigenvalue weighted by Crippen LogP contribution is -2.44. The Labute approximate surface area is 231 Å². The van der Waals surface area contributed by atoms with Gasteiger partial charge in [0.25, 0.3) is 5.91 Å². The van der Waals surface area contributed by atoms with E-state index in [2.05, 4.69) is 32.7 Å². The second-order valence-corrected chi connectivity index (χ2v) is 9.96. The van der Waals surface area contributed by atoms with Gasteiger partial charge >= 0.3 is 12.1 Å². The van der Waals surface area contributed by atoms with Crippen molar-refractivity contribution in [2.45, 2.75) is 70.7 Å². The van der Waals surface area contributed by atoms with E-state index in [0.717, 1.165) is 62.6 Å². The molecule has 0 aromatic carbocycles. The highest BCUT2D eigenvalue weighted by Gasteiger charge is 2.38.